The van der Waals surface area contributed by atoms with E-state index in [0.717, 1.165) is 6.07 Å². The van der Waals surface area contributed by atoms with E-state index in [1.54, 1.807) is 13.0 Å². The highest BCUT2D eigenvalue weighted by Crippen LogP contribution is 2.18. The van der Waals surface area contributed by atoms with Gasteiger partial charge in [-0.05, 0) is 30.2 Å². The van der Waals surface area contributed by atoms with E-state index in [0.29, 0.717) is 5.56 Å². The van der Waals surface area contributed by atoms with E-state index >= 15 is 0 Å². The van der Waals surface area contributed by atoms with Gasteiger partial charge in [-0.1, -0.05) is 6.07 Å². The van der Waals surface area contributed by atoms with Crippen molar-refractivity contribution in [3.05, 3.63) is 35.1 Å². The molecule has 0 aliphatic rings. The molecule has 0 saturated heterocycles. The first-order valence-electron chi connectivity index (χ1n) is 3.94. The number of hydrogen-bond donors (Lipinski definition) is 1. The van der Waals surface area contributed by atoms with Crippen molar-refractivity contribution in [1.29, 1.82) is 5.26 Å². The molecule has 1 N–H and O–H groups in total. The molecular formula is C10H8FNO2. The van der Waals surface area contributed by atoms with Crippen molar-refractivity contribution in [1.82, 2.24) is 0 Å². The number of benzene rings is 1. The molecule has 0 aliphatic heterocycles. The van der Waals surface area contributed by atoms with Crippen molar-refractivity contribution in [2.24, 2.45) is 0 Å². The van der Waals surface area contributed by atoms with Crippen LogP contribution in [0, 0.1) is 24.1 Å². The third kappa shape index (κ3) is 2.07. The van der Waals surface area contributed by atoms with Crippen molar-refractivity contribution >= 4 is 5.97 Å². The van der Waals surface area contributed by atoms with Crippen LogP contribution in [0.25, 0.3) is 0 Å². The summed E-state index contributed by atoms with van der Waals surface area (Å²) in [4.78, 5) is 10.6. The lowest BCUT2D eigenvalue weighted by atomic mass is 9.99. The van der Waals surface area contributed by atoms with Gasteiger partial charge in [0.2, 0.25) is 0 Å². The van der Waals surface area contributed by atoms with Gasteiger partial charge in [-0.3, -0.25) is 4.79 Å². The van der Waals surface area contributed by atoms with Gasteiger partial charge in [0.1, 0.15) is 5.82 Å². The molecule has 0 radical (unpaired) electrons. The minimum atomic E-state index is -1.30. The SMILES string of the molecule is Cc1cc(F)cc(C(C#N)C(=O)O)c1. The summed E-state index contributed by atoms with van der Waals surface area (Å²) >= 11 is 0. The van der Waals surface area contributed by atoms with Gasteiger partial charge < -0.3 is 5.11 Å². The van der Waals surface area contributed by atoms with Crippen molar-refractivity contribution in [3.8, 4) is 6.07 Å². The molecule has 0 aromatic heterocycles. The van der Waals surface area contributed by atoms with Crippen LogP contribution in [0.4, 0.5) is 4.39 Å². The molecule has 1 rings (SSSR count). The molecule has 1 atom stereocenters. The molecule has 0 bridgehead atoms. The standard InChI is InChI=1S/C10H8FNO2/c1-6-2-7(4-8(11)3-6)9(5-12)10(13)14/h2-4,9H,1H3,(H,13,14). The number of hydrogen-bond acceptors (Lipinski definition) is 2. The van der Waals surface area contributed by atoms with Gasteiger partial charge in [0.25, 0.3) is 0 Å². The lowest BCUT2D eigenvalue weighted by molar-refractivity contribution is -0.137. The Bertz CT molecular complexity index is 389. The molecular weight excluding hydrogens is 185 g/mol. The van der Waals surface area contributed by atoms with Gasteiger partial charge in [0.15, 0.2) is 5.92 Å². The molecule has 4 heteroatoms. The van der Waals surface area contributed by atoms with Crippen LogP contribution in [-0.4, -0.2) is 11.1 Å². The Morgan fingerprint density at radius 2 is 2.21 bits per heavy atom. The average Bonchev–Trinajstić information content (AvgIpc) is 2.02. The number of aliphatic carboxylic acids is 1. The van der Waals surface area contributed by atoms with Crippen molar-refractivity contribution in [2.45, 2.75) is 12.8 Å². The van der Waals surface area contributed by atoms with E-state index < -0.39 is 17.7 Å². The topological polar surface area (TPSA) is 61.1 Å². The number of nitriles is 1. The normalized spacial score (nSPS) is 11.8. The van der Waals surface area contributed by atoms with Crippen LogP contribution >= 0.6 is 0 Å². The number of carbonyl (C=O) groups is 1. The fourth-order valence-electron chi connectivity index (χ4n) is 1.20. The van der Waals surface area contributed by atoms with Gasteiger partial charge in [-0.2, -0.15) is 5.26 Å². The number of rotatable bonds is 2. The number of halogens is 1. The maximum Gasteiger partial charge on any atom is 0.325 e. The molecule has 0 amide bonds. The number of carboxylic acid groups (broad SMARTS) is 1. The van der Waals surface area contributed by atoms with E-state index in [1.807, 2.05) is 0 Å². The molecule has 72 valence electrons. The van der Waals surface area contributed by atoms with E-state index in [-0.39, 0.29) is 5.56 Å². The fourth-order valence-corrected chi connectivity index (χ4v) is 1.20. The second-order valence-electron chi connectivity index (χ2n) is 2.96. The smallest absolute Gasteiger partial charge is 0.325 e. The van der Waals surface area contributed by atoms with Crippen LogP contribution in [0.1, 0.15) is 17.0 Å². The van der Waals surface area contributed by atoms with Crippen LogP contribution < -0.4 is 0 Å². The Hall–Kier alpha value is -1.89. The summed E-state index contributed by atoms with van der Waals surface area (Å²) in [5.74, 6) is -3.09. The summed E-state index contributed by atoms with van der Waals surface area (Å²) < 4.78 is 12.9. The zero-order chi connectivity index (χ0) is 10.7. The van der Waals surface area contributed by atoms with Crippen LogP contribution in [-0.2, 0) is 4.79 Å². The van der Waals surface area contributed by atoms with Crippen molar-refractivity contribution in [2.75, 3.05) is 0 Å². The quantitative estimate of drug-likeness (QED) is 0.779. The van der Waals surface area contributed by atoms with Gasteiger partial charge in [-0.15, -0.1) is 0 Å². The highest BCUT2D eigenvalue weighted by Gasteiger charge is 2.19. The maximum atomic E-state index is 12.9. The minimum absolute atomic E-state index is 0.178. The second kappa shape index (κ2) is 3.88. The first kappa shape index (κ1) is 10.2. The molecule has 0 spiro atoms. The lowest BCUT2D eigenvalue weighted by Crippen LogP contribution is -2.09. The summed E-state index contributed by atoms with van der Waals surface area (Å²) in [7, 11) is 0. The first-order valence-corrected chi connectivity index (χ1v) is 3.94. The predicted octanol–water partition coefficient (Wildman–Crippen LogP) is 1.83. The fraction of sp³-hybridized carbons (Fsp3) is 0.200. The average molecular weight is 193 g/mol. The highest BCUT2D eigenvalue weighted by molar-refractivity contribution is 5.79. The summed E-state index contributed by atoms with van der Waals surface area (Å²) in [6.07, 6.45) is 0. The predicted molar refractivity (Wildman–Crippen MR) is 47.1 cm³/mol. The second-order valence-corrected chi connectivity index (χ2v) is 2.96. The minimum Gasteiger partial charge on any atom is -0.480 e. The molecule has 1 aromatic carbocycles. The van der Waals surface area contributed by atoms with Crippen LogP contribution in [0.15, 0.2) is 18.2 Å². The molecule has 0 fully saturated rings. The zero-order valence-electron chi connectivity index (χ0n) is 7.49. The van der Waals surface area contributed by atoms with Crippen LogP contribution in [0.2, 0.25) is 0 Å². The molecule has 0 heterocycles. The van der Waals surface area contributed by atoms with Crippen molar-refractivity contribution in [3.63, 3.8) is 0 Å². The Balaban J connectivity index is 3.18. The number of aryl methyl sites for hydroxylation is 1. The van der Waals surface area contributed by atoms with Crippen LogP contribution in [0.5, 0.6) is 0 Å². The summed E-state index contributed by atoms with van der Waals surface area (Å²) in [6, 6.07) is 5.44. The third-order valence-corrected chi connectivity index (χ3v) is 1.77. The molecule has 1 unspecified atom stereocenters. The molecule has 3 nitrogen and oxygen atoms in total. The molecule has 0 aliphatic carbocycles. The molecule has 1 aromatic rings. The Morgan fingerprint density at radius 1 is 1.57 bits per heavy atom. The van der Waals surface area contributed by atoms with E-state index in [1.165, 1.54) is 12.1 Å². The molecule has 14 heavy (non-hydrogen) atoms. The van der Waals surface area contributed by atoms with Gasteiger partial charge in [0.05, 0.1) is 6.07 Å². The monoisotopic (exact) mass is 193 g/mol. The van der Waals surface area contributed by atoms with Gasteiger partial charge in [-0.25, -0.2) is 4.39 Å². The third-order valence-electron chi connectivity index (χ3n) is 1.77. The first-order chi connectivity index (χ1) is 6.54. The van der Waals surface area contributed by atoms with Gasteiger partial charge in [0, 0.05) is 0 Å². The Kier molecular flexibility index (Phi) is 2.82. The van der Waals surface area contributed by atoms with Crippen LogP contribution in [0.3, 0.4) is 0 Å². The Labute approximate surface area is 80.4 Å². The van der Waals surface area contributed by atoms with E-state index in [9.17, 15) is 9.18 Å². The lowest BCUT2D eigenvalue weighted by Gasteiger charge is -2.05. The maximum absolute atomic E-state index is 12.9. The number of nitrogens with zero attached hydrogens (tertiary/aromatic N) is 1. The Morgan fingerprint density at radius 3 is 2.64 bits per heavy atom. The van der Waals surface area contributed by atoms with Gasteiger partial charge >= 0.3 is 5.97 Å². The van der Waals surface area contributed by atoms with E-state index in [4.69, 9.17) is 10.4 Å². The summed E-state index contributed by atoms with van der Waals surface area (Å²) in [6.45, 7) is 1.64. The summed E-state index contributed by atoms with van der Waals surface area (Å²) in [5, 5.41) is 17.2. The highest BCUT2D eigenvalue weighted by atomic mass is 19.1. The number of carboxylic acids is 1. The van der Waals surface area contributed by atoms with Crippen molar-refractivity contribution < 1.29 is 14.3 Å². The molecule has 0 saturated carbocycles. The largest absolute Gasteiger partial charge is 0.480 e. The zero-order valence-corrected chi connectivity index (χ0v) is 7.49. The van der Waals surface area contributed by atoms with E-state index in [2.05, 4.69) is 0 Å². The summed E-state index contributed by atoms with van der Waals surface area (Å²) in [5.41, 5.74) is 0.777.